The lowest BCUT2D eigenvalue weighted by molar-refractivity contribution is -0.151. The van der Waals surface area contributed by atoms with E-state index in [1.165, 1.54) is 0 Å². The van der Waals surface area contributed by atoms with Gasteiger partial charge in [-0.05, 0) is 32.8 Å². The number of nitrogens with zero attached hydrogens (tertiary/aromatic N) is 3. The van der Waals surface area contributed by atoms with Crippen LogP contribution in [-0.4, -0.2) is 58.7 Å². The maximum absolute atomic E-state index is 12.2. The lowest BCUT2D eigenvalue weighted by atomic mass is 9.97. The van der Waals surface area contributed by atoms with E-state index >= 15 is 0 Å². The number of hydrogen-bond acceptors (Lipinski definition) is 5. The number of nitrogens with one attached hydrogen (secondary N) is 1. The maximum Gasteiger partial charge on any atom is 0.309 e. The van der Waals surface area contributed by atoms with Crippen molar-refractivity contribution in [1.82, 2.24) is 20.0 Å². The highest BCUT2D eigenvalue weighted by Crippen LogP contribution is 2.18. The van der Waals surface area contributed by atoms with Crippen LogP contribution in [0.4, 0.5) is 0 Å². The van der Waals surface area contributed by atoms with E-state index in [2.05, 4.69) is 10.4 Å². The second-order valence-electron chi connectivity index (χ2n) is 5.88. The fourth-order valence-electron chi connectivity index (χ4n) is 2.65. The SMILES string of the molecule is CCOC(=O)C1CCN(C(=O)CNC(=O)c2cc(C)n(C)n2)CC1. The molecular weight excluding hydrogens is 312 g/mol. The molecule has 1 aliphatic heterocycles. The highest BCUT2D eigenvalue weighted by atomic mass is 16.5. The third kappa shape index (κ3) is 4.33. The molecule has 1 aliphatic rings. The van der Waals surface area contributed by atoms with Crippen molar-refractivity contribution >= 4 is 17.8 Å². The van der Waals surface area contributed by atoms with Crippen LogP contribution in [0.2, 0.25) is 0 Å². The minimum atomic E-state index is -0.367. The van der Waals surface area contributed by atoms with Gasteiger partial charge in [0.1, 0.15) is 5.69 Å². The number of hydrogen-bond donors (Lipinski definition) is 1. The van der Waals surface area contributed by atoms with Gasteiger partial charge in [-0.2, -0.15) is 5.10 Å². The van der Waals surface area contributed by atoms with E-state index in [0.717, 1.165) is 5.69 Å². The second kappa shape index (κ2) is 7.94. The van der Waals surface area contributed by atoms with Crippen LogP contribution in [0.25, 0.3) is 0 Å². The lowest BCUT2D eigenvalue weighted by Gasteiger charge is -2.30. The smallest absolute Gasteiger partial charge is 0.309 e. The van der Waals surface area contributed by atoms with Gasteiger partial charge in [0.05, 0.1) is 19.1 Å². The minimum absolute atomic E-state index is 0.0709. The van der Waals surface area contributed by atoms with Crippen molar-refractivity contribution in [2.24, 2.45) is 13.0 Å². The first-order valence-electron chi connectivity index (χ1n) is 8.15. The Morgan fingerprint density at radius 2 is 2.00 bits per heavy atom. The Hall–Kier alpha value is -2.38. The standard InChI is InChI=1S/C16H24N4O4/c1-4-24-16(23)12-5-7-20(8-6-12)14(21)10-17-15(22)13-9-11(2)19(3)18-13/h9,12H,4-8,10H2,1-3H3,(H,17,22). The molecule has 8 heteroatoms. The first-order valence-corrected chi connectivity index (χ1v) is 8.15. The van der Waals surface area contributed by atoms with Gasteiger partial charge in [0.2, 0.25) is 5.91 Å². The number of aryl methyl sites for hydroxylation is 2. The fourth-order valence-corrected chi connectivity index (χ4v) is 2.65. The van der Waals surface area contributed by atoms with Crippen molar-refractivity contribution in [3.63, 3.8) is 0 Å². The van der Waals surface area contributed by atoms with Gasteiger partial charge in [0.15, 0.2) is 0 Å². The van der Waals surface area contributed by atoms with Crippen molar-refractivity contribution < 1.29 is 19.1 Å². The van der Waals surface area contributed by atoms with Crippen LogP contribution >= 0.6 is 0 Å². The topological polar surface area (TPSA) is 93.5 Å². The number of carbonyl (C=O) groups excluding carboxylic acids is 3. The van der Waals surface area contributed by atoms with Crippen molar-refractivity contribution in [2.75, 3.05) is 26.2 Å². The molecule has 0 saturated carbocycles. The minimum Gasteiger partial charge on any atom is -0.466 e. The van der Waals surface area contributed by atoms with E-state index < -0.39 is 0 Å². The number of ether oxygens (including phenoxy) is 1. The van der Waals surface area contributed by atoms with E-state index in [1.54, 1.807) is 29.6 Å². The van der Waals surface area contributed by atoms with Gasteiger partial charge in [-0.1, -0.05) is 0 Å². The van der Waals surface area contributed by atoms with Gasteiger partial charge >= 0.3 is 5.97 Å². The van der Waals surface area contributed by atoms with Gasteiger partial charge < -0.3 is 15.0 Å². The van der Waals surface area contributed by atoms with Gasteiger partial charge in [0.25, 0.3) is 5.91 Å². The molecule has 0 spiro atoms. The van der Waals surface area contributed by atoms with Crippen molar-refractivity contribution in [3.05, 3.63) is 17.5 Å². The number of piperidine rings is 1. The molecule has 0 atom stereocenters. The van der Waals surface area contributed by atoms with Crippen LogP contribution in [0.5, 0.6) is 0 Å². The summed E-state index contributed by atoms with van der Waals surface area (Å²) in [7, 11) is 1.75. The summed E-state index contributed by atoms with van der Waals surface area (Å²) in [4.78, 5) is 37.5. The summed E-state index contributed by atoms with van der Waals surface area (Å²) in [5, 5.41) is 6.67. The quantitative estimate of drug-likeness (QED) is 0.779. The van der Waals surface area contributed by atoms with E-state index in [-0.39, 0.29) is 30.2 Å². The monoisotopic (exact) mass is 336 g/mol. The van der Waals surface area contributed by atoms with Gasteiger partial charge in [-0.25, -0.2) is 0 Å². The molecule has 24 heavy (non-hydrogen) atoms. The molecule has 0 unspecified atom stereocenters. The molecule has 1 aromatic heterocycles. The van der Waals surface area contributed by atoms with Crippen LogP contribution in [-0.2, 0) is 21.4 Å². The largest absolute Gasteiger partial charge is 0.466 e. The first-order chi connectivity index (χ1) is 11.4. The van der Waals surface area contributed by atoms with Gasteiger partial charge in [-0.15, -0.1) is 0 Å². The number of likely N-dealkylation sites (tertiary alicyclic amines) is 1. The van der Waals surface area contributed by atoms with Crippen molar-refractivity contribution in [2.45, 2.75) is 26.7 Å². The number of esters is 1. The number of amides is 2. The Balaban J connectivity index is 1.77. The summed E-state index contributed by atoms with van der Waals surface area (Å²) in [6, 6.07) is 1.67. The van der Waals surface area contributed by atoms with E-state index in [1.807, 2.05) is 6.92 Å². The van der Waals surface area contributed by atoms with Crippen LogP contribution in [0.15, 0.2) is 6.07 Å². The normalized spacial score (nSPS) is 15.2. The van der Waals surface area contributed by atoms with E-state index in [0.29, 0.717) is 38.2 Å². The Labute approximate surface area is 141 Å². The average molecular weight is 336 g/mol. The molecule has 0 radical (unpaired) electrons. The van der Waals surface area contributed by atoms with E-state index in [4.69, 9.17) is 4.74 Å². The molecular formula is C16H24N4O4. The summed E-state index contributed by atoms with van der Waals surface area (Å²) in [5.41, 5.74) is 1.16. The highest BCUT2D eigenvalue weighted by molar-refractivity contribution is 5.95. The first kappa shape index (κ1) is 18.0. The fraction of sp³-hybridized carbons (Fsp3) is 0.625. The van der Waals surface area contributed by atoms with Crippen LogP contribution in [0.1, 0.15) is 35.9 Å². The summed E-state index contributed by atoms with van der Waals surface area (Å²) < 4.78 is 6.62. The molecule has 1 N–H and O–H groups in total. The van der Waals surface area contributed by atoms with Crippen molar-refractivity contribution in [1.29, 1.82) is 0 Å². The van der Waals surface area contributed by atoms with Crippen LogP contribution in [0, 0.1) is 12.8 Å². The molecule has 132 valence electrons. The summed E-state index contributed by atoms with van der Waals surface area (Å²) in [6.07, 6.45) is 1.19. The Morgan fingerprint density at radius 1 is 1.33 bits per heavy atom. The van der Waals surface area contributed by atoms with Crippen LogP contribution < -0.4 is 5.32 Å². The Bertz CT molecular complexity index is 598. The molecule has 0 aromatic carbocycles. The maximum atomic E-state index is 12.2. The third-order valence-corrected chi connectivity index (χ3v) is 4.21. The molecule has 2 amide bonds. The van der Waals surface area contributed by atoms with Crippen molar-refractivity contribution in [3.8, 4) is 0 Å². The molecule has 1 aromatic rings. The molecule has 2 rings (SSSR count). The number of rotatable bonds is 5. The highest BCUT2D eigenvalue weighted by Gasteiger charge is 2.28. The summed E-state index contributed by atoms with van der Waals surface area (Å²) in [5.74, 6) is -0.852. The molecule has 1 saturated heterocycles. The average Bonchev–Trinajstić information content (AvgIpc) is 2.92. The molecule has 0 aliphatic carbocycles. The van der Waals surface area contributed by atoms with E-state index in [9.17, 15) is 14.4 Å². The molecule has 2 heterocycles. The zero-order chi connectivity index (χ0) is 17.7. The summed E-state index contributed by atoms with van der Waals surface area (Å²) >= 11 is 0. The zero-order valence-electron chi connectivity index (χ0n) is 14.4. The van der Waals surface area contributed by atoms with Gasteiger partial charge in [-0.3, -0.25) is 19.1 Å². The predicted molar refractivity (Wildman–Crippen MR) is 86.2 cm³/mol. The third-order valence-electron chi connectivity index (χ3n) is 4.21. The van der Waals surface area contributed by atoms with Crippen LogP contribution in [0.3, 0.4) is 0 Å². The number of aromatic nitrogens is 2. The molecule has 8 nitrogen and oxygen atoms in total. The summed E-state index contributed by atoms with van der Waals surface area (Å²) in [6.45, 7) is 4.93. The molecule has 0 bridgehead atoms. The Morgan fingerprint density at radius 3 is 2.54 bits per heavy atom. The number of carbonyl (C=O) groups is 3. The zero-order valence-corrected chi connectivity index (χ0v) is 14.4. The lowest BCUT2D eigenvalue weighted by Crippen LogP contribution is -2.45. The predicted octanol–water partition coefficient (Wildman–Crippen LogP) is 0.260. The second-order valence-corrected chi connectivity index (χ2v) is 5.88. The molecule has 1 fully saturated rings. The Kier molecular flexibility index (Phi) is 5.94. The van der Waals surface area contributed by atoms with Gasteiger partial charge in [0, 0.05) is 25.8 Å².